The standard InChI is InChI=1S/C12H11ClN2O2/c1-2-17-12(16)5-9-4-3-8-7-14-11(13)6-10(8)15-9/h3-4,6-7H,2,5H2,1H3. The van der Waals surface area contributed by atoms with E-state index in [1.54, 1.807) is 25.3 Å². The third-order valence-corrected chi connectivity index (χ3v) is 2.44. The van der Waals surface area contributed by atoms with Gasteiger partial charge in [0.05, 0.1) is 24.2 Å². The van der Waals surface area contributed by atoms with Crippen molar-refractivity contribution in [2.45, 2.75) is 13.3 Å². The minimum atomic E-state index is -0.278. The maximum atomic E-state index is 11.3. The van der Waals surface area contributed by atoms with Crippen molar-refractivity contribution in [2.24, 2.45) is 0 Å². The van der Waals surface area contributed by atoms with Crippen molar-refractivity contribution in [2.75, 3.05) is 6.61 Å². The van der Waals surface area contributed by atoms with E-state index >= 15 is 0 Å². The fourth-order valence-corrected chi connectivity index (χ4v) is 1.64. The first-order chi connectivity index (χ1) is 8.19. The van der Waals surface area contributed by atoms with Crippen LogP contribution in [0.15, 0.2) is 24.4 Å². The number of pyridine rings is 2. The average molecular weight is 251 g/mol. The molecule has 0 N–H and O–H groups in total. The first-order valence-electron chi connectivity index (χ1n) is 5.26. The molecule has 0 radical (unpaired) electrons. The Morgan fingerprint density at radius 3 is 3.06 bits per heavy atom. The zero-order valence-electron chi connectivity index (χ0n) is 9.31. The van der Waals surface area contributed by atoms with Crippen molar-refractivity contribution in [1.29, 1.82) is 0 Å². The first-order valence-corrected chi connectivity index (χ1v) is 5.63. The van der Waals surface area contributed by atoms with Gasteiger partial charge in [-0.2, -0.15) is 0 Å². The van der Waals surface area contributed by atoms with Crippen LogP contribution in [0, 0.1) is 0 Å². The summed E-state index contributed by atoms with van der Waals surface area (Å²) in [6.45, 7) is 2.15. The van der Waals surface area contributed by atoms with Crippen molar-refractivity contribution >= 4 is 28.5 Å². The van der Waals surface area contributed by atoms with Gasteiger partial charge in [0, 0.05) is 17.6 Å². The Bertz CT molecular complexity index is 557. The molecule has 0 aliphatic heterocycles. The summed E-state index contributed by atoms with van der Waals surface area (Å²) < 4.78 is 4.86. The molecule has 0 saturated carbocycles. The lowest BCUT2D eigenvalue weighted by Gasteiger charge is -2.03. The van der Waals surface area contributed by atoms with Gasteiger partial charge >= 0.3 is 5.97 Å². The Kier molecular flexibility index (Phi) is 3.54. The molecule has 2 aromatic rings. The lowest BCUT2D eigenvalue weighted by Crippen LogP contribution is -2.08. The second-order valence-electron chi connectivity index (χ2n) is 3.48. The molecule has 4 nitrogen and oxygen atoms in total. The maximum Gasteiger partial charge on any atom is 0.311 e. The number of rotatable bonds is 3. The summed E-state index contributed by atoms with van der Waals surface area (Å²) in [7, 11) is 0. The molecule has 2 rings (SSSR count). The van der Waals surface area contributed by atoms with Gasteiger partial charge in [-0.1, -0.05) is 11.6 Å². The Morgan fingerprint density at radius 1 is 1.47 bits per heavy atom. The Balaban J connectivity index is 2.27. The van der Waals surface area contributed by atoms with E-state index < -0.39 is 0 Å². The SMILES string of the molecule is CCOC(=O)Cc1ccc2cnc(Cl)cc2n1. The molecular weight excluding hydrogens is 240 g/mol. The van der Waals surface area contributed by atoms with Crippen molar-refractivity contribution in [3.05, 3.63) is 35.2 Å². The van der Waals surface area contributed by atoms with Crippen LogP contribution in [0.2, 0.25) is 5.15 Å². The second kappa shape index (κ2) is 5.10. The van der Waals surface area contributed by atoms with Gasteiger partial charge in [0.1, 0.15) is 5.15 Å². The topological polar surface area (TPSA) is 52.1 Å². The van der Waals surface area contributed by atoms with Crippen LogP contribution < -0.4 is 0 Å². The number of nitrogens with zero attached hydrogens (tertiary/aromatic N) is 2. The van der Waals surface area contributed by atoms with Gasteiger partial charge in [0.25, 0.3) is 0 Å². The third kappa shape index (κ3) is 2.91. The molecule has 88 valence electrons. The molecule has 0 aliphatic carbocycles. The van der Waals surface area contributed by atoms with E-state index in [1.807, 2.05) is 6.07 Å². The summed E-state index contributed by atoms with van der Waals surface area (Å²) in [6.07, 6.45) is 1.82. The molecule has 2 heterocycles. The molecule has 0 aromatic carbocycles. The van der Waals surface area contributed by atoms with Crippen LogP contribution in [0.3, 0.4) is 0 Å². The van der Waals surface area contributed by atoms with E-state index in [-0.39, 0.29) is 12.4 Å². The van der Waals surface area contributed by atoms with Crippen molar-refractivity contribution in [1.82, 2.24) is 9.97 Å². The van der Waals surface area contributed by atoms with Crippen LogP contribution in [0.1, 0.15) is 12.6 Å². The number of halogens is 1. The molecule has 0 unspecified atom stereocenters. The fourth-order valence-electron chi connectivity index (χ4n) is 1.49. The third-order valence-electron chi connectivity index (χ3n) is 2.23. The zero-order chi connectivity index (χ0) is 12.3. The van der Waals surface area contributed by atoms with Gasteiger partial charge in [-0.3, -0.25) is 9.78 Å². The molecule has 5 heteroatoms. The van der Waals surface area contributed by atoms with E-state index in [0.29, 0.717) is 17.5 Å². The van der Waals surface area contributed by atoms with Gasteiger partial charge in [-0.05, 0) is 19.1 Å². The van der Waals surface area contributed by atoms with E-state index in [4.69, 9.17) is 16.3 Å². The molecule has 0 saturated heterocycles. The molecule has 0 bridgehead atoms. The average Bonchev–Trinajstić information content (AvgIpc) is 2.28. The molecule has 0 amide bonds. The minimum Gasteiger partial charge on any atom is -0.466 e. The zero-order valence-corrected chi connectivity index (χ0v) is 10.1. The van der Waals surface area contributed by atoms with Gasteiger partial charge in [0.2, 0.25) is 0 Å². The molecule has 0 aliphatic rings. The van der Waals surface area contributed by atoms with Crippen LogP contribution in [0.5, 0.6) is 0 Å². The number of carbonyl (C=O) groups is 1. The van der Waals surface area contributed by atoms with Crippen LogP contribution in [-0.4, -0.2) is 22.5 Å². The van der Waals surface area contributed by atoms with Gasteiger partial charge < -0.3 is 4.74 Å². The normalized spacial score (nSPS) is 10.5. The summed E-state index contributed by atoms with van der Waals surface area (Å²) in [5.74, 6) is -0.278. The van der Waals surface area contributed by atoms with Crippen molar-refractivity contribution < 1.29 is 9.53 Å². The Hall–Kier alpha value is -1.68. The number of fused-ring (bicyclic) bond motifs is 1. The molecule has 0 atom stereocenters. The lowest BCUT2D eigenvalue weighted by atomic mass is 10.2. The largest absolute Gasteiger partial charge is 0.466 e. The highest BCUT2D eigenvalue weighted by molar-refractivity contribution is 6.29. The predicted octanol–water partition coefficient (Wildman–Crippen LogP) is 2.39. The lowest BCUT2D eigenvalue weighted by molar-refractivity contribution is -0.142. The molecular formula is C12H11ClN2O2. The summed E-state index contributed by atoms with van der Waals surface area (Å²) in [6, 6.07) is 5.32. The van der Waals surface area contributed by atoms with Crippen molar-refractivity contribution in [3.8, 4) is 0 Å². The van der Waals surface area contributed by atoms with E-state index in [2.05, 4.69) is 9.97 Å². The van der Waals surface area contributed by atoms with E-state index in [0.717, 1.165) is 10.9 Å². The summed E-state index contributed by atoms with van der Waals surface area (Å²) in [5, 5.41) is 1.28. The number of aromatic nitrogens is 2. The number of ether oxygens (including phenoxy) is 1. The fraction of sp³-hybridized carbons (Fsp3) is 0.250. The summed E-state index contributed by atoms with van der Waals surface area (Å²) in [4.78, 5) is 19.6. The quantitative estimate of drug-likeness (QED) is 0.620. The number of esters is 1. The number of hydrogen-bond acceptors (Lipinski definition) is 4. The van der Waals surface area contributed by atoms with Crippen molar-refractivity contribution in [3.63, 3.8) is 0 Å². The first kappa shape index (κ1) is 11.8. The number of hydrogen-bond donors (Lipinski definition) is 0. The number of carbonyl (C=O) groups excluding carboxylic acids is 1. The maximum absolute atomic E-state index is 11.3. The van der Waals surface area contributed by atoms with Crippen LogP contribution >= 0.6 is 11.6 Å². The highest BCUT2D eigenvalue weighted by atomic mass is 35.5. The highest BCUT2D eigenvalue weighted by Gasteiger charge is 2.06. The smallest absolute Gasteiger partial charge is 0.311 e. The van der Waals surface area contributed by atoms with Crippen LogP contribution in [-0.2, 0) is 16.0 Å². The predicted molar refractivity (Wildman–Crippen MR) is 64.9 cm³/mol. The minimum absolute atomic E-state index is 0.170. The Labute approximate surface area is 104 Å². The van der Waals surface area contributed by atoms with E-state index in [9.17, 15) is 4.79 Å². The molecule has 0 fully saturated rings. The van der Waals surface area contributed by atoms with Gasteiger partial charge in [0.15, 0.2) is 0 Å². The highest BCUT2D eigenvalue weighted by Crippen LogP contribution is 2.15. The second-order valence-corrected chi connectivity index (χ2v) is 3.87. The summed E-state index contributed by atoms with van der Waals surface area (Å²) >= 11 is 5.78. The Morgan fingerprint density at radius 2 is 2.29 bits per heavy atom. The molecule has 17 heavy (non-hydrogen) atoms. The molecule has 0 spiro atoms. The van der Waals surface area contributed by atoms with E-state index in [1.165, 1.54) is 0 Å². The van der Waals surface area contributed by atoms with Crippen LogP contribution in [0.4, 0.5) is 0 Å². The van der Waals surface area contributed by atoms with Gasteiger partial charge in [-0.25, -0.2) is 4.98 Å². The monoisotopic (exact) mass is 250 g/mol. The molecule has 2 aromatic heterocycles. The summed E-state index contributed by atoms with van der Waals surface area (Å²) in [5.41, 5.74) is 1.39. The van der Waals surface area contributed by atoms with Crippen LogP contribution in [0.25, 0.3) is 10.9 Å². The van der Waals surface area contributed by atoms with Gasteiger partial charge in [-0.15, -0.1) is 0 Å².